The van der Waals surface area contributed by atoms with Gasteiger partial charge < -0.3 is 232 Å². The maximum Gasteiger partial charge on any atom is 0.217 e. The van der Waals surface area contributed by atoms with E-state index in [0.29, 0.717) is 0 Å². The normalized spacial score (nSPS) is 40.9. The molecule has 40 atom stereocenters. The van der Waals surface area contributed by atoms with Gasteiger partial charge in [0.25, 0.3) is 0 Å². The van der Waals surface area contributed by atoms with Gasteiger partial charge in [-0.05, 0) is 24.4 Å². The number of hydrogen-bond donors (Lipinski definition) is 32. The second-order valence-electron chi connectivity index (χ2n) is 30.9. The first-order chi connectivity index (χ1) is 59.4. The van der Waals surface area contributed by atoms with Gasteiger partial charge in [0.15, 0.2) is 71.9 Å². The third kappa shape index (κ3) is 26.3. The van der Waals surface area contributed by atoms with Crippen molar-refractivity contribution in [1.29, 1.82) is 0 Å². The number of nitrogens with one attached hydrogen (secondary N) is 12. The molecule has 8 rings (SSSR count). The van der Waals surface area contributed by atoms with Gasteiger partial charge in [-0.15, -0.1) is 0 Å². The smallest absolute Gasteiger partial charge is 0.217 e. The lowest BCUT2D eigenvalue weighted by atomic mass is 9.92. The van der Waals surface area contributed by atoms with Gasteiger partial charge in [0.1, 0.15) is 195 Å². The number of thiocarbonyl (C=S) groups is 2. The summed E-state index contributed by atoms with van der Waals surface area (Å²) >= 11 is 11.4. The van der Waals surface area contributed by atoms with Crippen LogP contribution in [0.5, 0.6) is 0 Å². The van der Waals surface area contributed by atoms with Crippen LogP contribution in [0.15, 0.2) is 11.5 Å². The molecular formula is C70H116N12O42S2. The van der Waals surface area contributed by atoms with E-state index in [4.69, 9.17) is 90.8 Å². The Kier molecular flexibility index (Phi) is 39.3. The van der Waals surface area contributed by atoms with Crippen molar-refractivity contribution >= 4 is 81.9 Å². The SMILES string of the molecule is CC(=O)N[C@@H]1[C@@H](O[C@H]2O[C@H](CO)[C@@H](O)[C@H](O)[C@H]2NC(C)=O)[C@H](O[C@H]2O[C@H](CO)[C@@H](O)[C@H](O)[C@H]2NC(C)=O)[C@@H](CO[C@H]2O[C@H](CO)[C@@H](O)[C@H](O)[C@H]2NC(C)=O)O[C@@H]1NC(=S)NC/C(O)=C(\O)CNC(=S)N[C@H]1O[C@H](CO[C@H]2O[C@H](CO)[C@@H](O)[C@H](O)[C@H]2NC(C)=O)[C@@H](O[C@H]2O[C@H](CO)[C@@H](O)[C@H](O)[C@H]2NC(C)=O)[C@H](O[C@H]2O[C@H](CO)[C@@H](O)[C@H](O)[C@H]2NC(C)=O)[C@H]1NC(C)=O. The van der Waals surface area contributed by atoms with Crippen molar-refractivity contribution < 1.29 is 207 Å². The van der Waals surface area contributed by atoms with E-state index in [-0.39, 0.29) is 0 Å². The van der Waals surface area contributed by atoms with Gasteiger partial charge in [0, 0.05) is 55.4 Å². The van der Waals surface area contributed by atoms with E-state index < -0.39 is 380 Å². The second-order valence-corrected chi connectivity index (χ2v) is 31.7. The molecule has 0 aliphatic carbocycles. The molecule has 720 valence electrons. The summed E-state index contributed by atoms with van der Waals surface area (Å²) in [6.07, 6.45) is -61.1. The Hall–Kier alpha value is -6.80. The standard InChI is InChI=1S/C70H116N12O42S2/c1-19(89)73-37-51(105)45(99)29(11-83)115-63(37)111-17-35-57(121-65-39(75-21(3)91)53(107)47(101)31(13-85)117-65)59(123-67-41(77-23(5)93)55(109)49(103)33(15-87)119-67)43(79-25(7)95)61(113-35)81-69(125)71-9-27(97)28(98)10-72-70(126)82-62-44(80-26(8)96)60(124-68-42(78-24(6)94)56(110)50(104)34(16-88)120-68)58(122-66-40(76-22(4)92)54(108)48(102)32(14-86)118-66)36(114-62)18-112-64-38(74-20(2)90)52(106)46(100)30(12-84)116-64/h29-68,83-88,97-110H,9-18H2,1-8H3,(H,73,89)(H,74,90)(H,75,91)(H,76,92)(H,77,93)(H,78,94)(H,79,95)(H,80,96)(H2,71,81,125)(H2,72,82,126)/b28-27+/t29-,30-,31-,32-,33-,34-,35-,36-,37-,38-,39-,40-,41-,42-,43-,44-,45-,46-,47-,48-,49-,50-,51-,52-,53-,54-,55-,56-,57-,58-,59-,60-,61+,62+,63+,64+,65-,66-,67-,68-/m1/s1. The Labute approximate surface area is 727 Å². The summed E-state index contributed by atoms with van der Waals surface area (Å²) in [6.45, 7) is -1.66. The molecule has 0 saturated carbocycles. The first-order valence-corrected chi connectivity index (χ1v) is 40.5. The highest BCUT2D eigenvalue weighted by molar-refractivity contribution is 7.80. The molecule has 32 N–H and O–H groups in total. The van der Waals surface area contributed by atoms with E-state index >= 15 is 0 Å². The highest BCUT2D eigenvalue weighted by Gasteiger charge is 2.60. The zero-order valence-electron chi connectivity index (χ0n) is 68.9. The summed E-state index contributed by atoms with van der Waals surface area (Å²) in [5.41, 5.74) is 0. The van der Waals surface area contributed by atoms with Gasteiger partial charge in [-0.1, -0.05) is 0 Å². The third-order valence-corrected chi connectivity index (χ3v) is 21.9. The maximum atomic E-state index is 13.7. The lowest BCUT2D eigenvalue weighted by Gasteiger charge is -2.52. The maximum absolute atomic E-state index is 13.7. The topological polar surface area (TPSA) is 815 Å². The molecule has 8 saturated heterocycles. The van der Waals surface area contributed by atoms with Crippen molar-refractivity contribution in [3.05, 3.63) is 11.5 Å². The van der Waals surface area contributed by atoms with Crippen LogP contribution in [-0.4, -0.2) is 471 Å². The predicted molar refractivity (Wildman–Crippen MR) is 416 cm³/mol. The number of carbonyl (C=O) groups is 8. The Morgan fingerprint density at radius 3 is 0.659 bits per heavy atom. The van der Waals surface area contributed by atoms with Crippen LogP contribution in [0.1, 0.15) is 55.4 Å². The van der Waals surface area contributed by atoms with Crippen LogP contribution in [0, 0.1) is 0 Å². The molecule has 0 aromatic carbocycles. The molecule has 126 heavy (non-hydrogen) atoms. The lowest BCUT2D eigenvalue weighted by Crippen LogP contribution is -2.73. The van der Waals surface area contributed by atoms with Crippen molar-refractivity contribution in [3.8, 4) is 0 Å². The molecule has 54 nitrogen and oxygen atoms in total. The van der Waals surface area contributed by atoms with Crippen molar-refractivity contribution in [3.63, 3.8) is 0 Å². The van der Waals surface area contributed by atoms with Gasteiger partial charge in [-0.25, -0.2) is 0 Å². The molecule has 0 bridgehead atoms. The predicted octanol–water partition coefficient (Wildman–Crippen LogP) is -18.1. The van der Waals surface area contributed by atoms with E-state index in [9.17, 15) is 140 Å². The summed E-state index contributed by atoms with van der Waals surface area (Å²) in [5, 5.41) is 250. The van der Waals surface area contributed by atoms with E-state index in [1.807, 2.05) is 0 Å². The average Bonchev–Trinajstić information content (AvgIpc) is 0.760. The molecule has 0 spiro atoms. The average molecular weight is 1860 g/mol. The van der Waals surface area contributed by atoms with Crippen LogP contribution >= 0.6 is 24.4 Å². The number of rotatable bonds is 34. The summed E-state index contributed by atoms with van der Waals surface area (Å²) < 4.78 is 87.5. The molecule has 0 aromatic rings. The van der Waals surface area contributed by atoms with E-state index in [1.165, 1.54) is 0 Å². The van der Waals surface area contributed by atoms with Crippen molar-refractivity contribution in [1.82, 2.24) is 63.8 Å². The van der Waals surface area contributed by atoms with E-state index in [1.54, 1.807) is 0 Å². The van der Waals surface area contributed by atoms with Crippen molar-refractivity contribution in [2.75, 3.05) is 65.9 Å². The van der Waals surface area contributed by atoms with E-state index in [2.05, 4.69) is 63.8 Å². The van der Waals surface area contributed by atoms with Gasteiger partial charge in [0.05, 0.1) is 65.9 Å². The van der Waals surface area contributed by atoms with Gasteiger partial charge >= 0.3 is 0 Å². The van der Waals surface area contributed by atoms with Crippen LogP contribution in [0.25, 0.3) is 0 Å². The Bertz CT molecular complexity index is 3460. The fourth-order valence-corrected chi connectivity index (χ4v) is 15.7. The highest BCUT2D eigenvalue weighted by Crippen LogP contribution is 2.38. The van der Waals surface area contributed by atoms with Crippen LogP contribution in [0.2, 0.25) is 0 Å². The largest absolute Gasteiger partial charge is 0.507 e. The number of carbonyl (C=O) groups excluding carboxylic acids is 8. The van der Waals surface area contributed by atoms with Crippen LogP contribution in [0.4, 0.5) is 0 Å². The first-order valence-electron chi connectivity index (χ1n) is 39.7. The zero-order chi connectivity index (χ0) is 93.5. The molecule has 8 amide bonds. The number of aliphatic hydroxyl groups is 20. The van der Waals surface area contributed by atoms with Gasteiger partial charge in [-0.3, -0.25) is 38.4 Å². The number of ether oxygens (including phenoxy) is 14. The number of aliphatic hydroxyl groups excluding tert-OH is 20. The van der Waals surface area contributed by atoms with Crippen LogP contribution in [-0.2, 0) is 105 Å². The van der Waals surface area contributed by atoms with Crippen LogP contribution in [0.3, 0.4) is 0 Å². The van der Waals surface area contributed by atoms with Crippen LogP contribution < -0.4 is 63.8 Å². The monoisotopic (exact) mass is 1860 g/mol. The molecule has 8 heterocycles. The van der Waals surface area contributed by atoms with Crippen molar-refractivity contribution in [2.45, 2.75) is 300 Å². The molecule has 8 aliphatic rings. The molecule has 8 fully saturated rings. The quantitative estimate of drug-likeness (QED) is 0.0210. The van der Waals surface area contributed by atoms with Gasteiger partial charge in [-0.2, -0.15) is 0 Å². The molecule has 0 radical (unpaired) electrons. The molecular weight excluding hydrogens is 1740 g/mol. The Morgan fingerprint density at radius 1 is 0.262 bits per heavy atom. The van der Waals surface area contributed by atoms with E-state index in [0.717, 1.165) is 55.4 Å². The molecule has 0 unspecified atom stereocenters. The minimum atomic E-state index is -2.05. The number of hydrogen-bond acceptors (Lipinski definition) is 44. The highest BCUT2D eigenvalue weighted by atomic mass is 32.1. The Morgan fingerprint density at radius 2 is 0.452 bits per heavy atom. The number of amides is 8. The zero-order valence-corrected chi connectivity index (χ0v) is 70.5. The summed E-state index contributed by atoms with van der Waals surface area (Å²) in [6, 6.07) is -14.2. The third-order valence-electron chi connectivity index (χ3n) is 21.4. The Balaban J connectivity index is 1.15. The van der Waals surface area contributed by atoms with Crippen molar-refractivity contribution in [2.24, 2.45) is 0 Å². The minimum Gasteiger partial charge on any atom is -0.507 e. The first kappa shape index (κ1) is 105. The molecule has 56 heteroatoms. The fourth-order valence-electron chi connectivity index (χ4n) is 15.3. The molecule has 8 aliphatic heterocycles. The second kappa shape index (κ2) is 47.3. The lowest BCUT2D eigenvalue weighted by molar-refractivity contribution is -0.348. The molecule has 0 aromatic heterocycles. The summed E-state index contributed by atoms with van der Waals surface area (Å²) in [4.78, 5) is 104. The summed E-state index contributed by atoms with van der Waals surface area (Å²) in [5.74, 6) is -8.85. The fraction of sp³-hybridized carbons (Fsp3) is 0.829. The minimum absolute atomic E-state index is 0.573. The van der Waals surface area contributed by atoms with Gasteiger partial charge in [0.2, 0.25) is 47.3 Å². The summed E-state index contributed by atoms with van der Waals surface area (Å²) in [7, 11) is 0.